The maximum atomic E-state index is 11.0. The maximum absolute atomic E-state index is 11.0. The van der Waals surface area contributed by atoms with Crippen molar-refractivity contribution in [3.8, 4) is 0 Å². The number of hydrogen-bond acceptors (Lipinski definition) is 5. The fourth-order valence-electron chi connectivity index (χ4n) is 1.45. The van der Waals surface area contributed by atoms with Crippen LogP contribution in [0, 0.1) is 5.92 Å². The highest BCUT2D eigenvalue weighted by molar-refractivity contribution is 7.19. The highest BCUT2D eigenvalue weighted by atomic mass is 35.5. The fourth-order valence-corrected chi connectivity index (χ4v) is 2.28. The number of nitrogens with one attached hydrogen (secondary N) is 2. The van der Waals surface area contributed by atoms with Crippen LogP contribution in [0.4, 0.5) is 5.13 Å². The van der Waals surface area contributed by atoms with Gasteiger partial charge in [0.2, 0.25) is 5.91 Å². The summed E-state index contributed by atoms with van der Waals surface area (Å²) in [5, 5.41) is 5.84. The van der Waals surface area contributed by atoms with Crippen molar-refractivity contribution < 1.29 is 9.53 Å². The summed E-state index contributed by atoms with van der Waals surface area (Å²) in [5.74, 6) is 0.789. The molecule has 1 aromatic rings. The average Bonchev–Trinajstić information content (AvgIpc) is 2.77. The molecule has 0 aliphatic carbocycles. The van der Waals surface area contributed by atoms with Gasteiger partial charge < -0.3 is 15.4 Å². The van der Waals surface area contributed by atoms with E-state index in [2.05, 4.69) is 22.5 Å². The number of hydrogen-bond donors (Lipinski definition) is 2. The Kier molecular flexibility index (Phi) is 7.97. The summed E-state index contributed by atoms with van der Waals surface area (Å²) in [5.41, 5.74) is 0. The van der Waals surface area contributed by atoms with E-state index in [0.29, 0.717) is 9.47 Å². The molecule has 1 fully saturated rings. The zero-order chi connectivity index (χ0) is 14.1. The Bertz CT molecular complexity index is 381. The number of rotatable bonds is 3. The number of carbonyl (C=O) groups is 1. The summed E-state index contributed by atoms with van der Waals surface area (Å²) in [6.07, 6.45) is 4.03. The molecule has 2 N–H and O–H groups in total. The van der Waals surface area contributed by atoms with E-state index >= 15 is 0 Å². The third-order valence-corrected chi connectivity index (χ3v) is 3.60. The largest absolute Gasteiger partial charge is 0.381 e. The number of amides is 1. The number of anilines is 1. The molecule has 7 heteroatoms. The monoisotopic (exact) mass is 305 g/mol. The van der Waals surface area contributed by atoms with Gasteiger partial charge in [-0.3, -0.25) is 4.79 Å². The zero-order valence-corrected chi connectivity index (χ0v) is 12.8. The number of thiazole rings is 1. The second kappa shape index (κ2) is 9.25. The Morgan fingerprint density at radius 1 is 1.58 bits per heavy atom. The summed E-state index contributed by atoms with van der Waals surface area (Å²) < 4.78 is 5.70. The van der Waals surface area contributed by atoms with Gasteiger partial charge in [0.15, 0.2) is 5.13 Å². The smallest absolute Gasteiger partial charge is 0.240 e. The summed E-state index contributed by atoms with van der Waals surface area (Å²) in [7, 11) is 1.70. The molecule has 0 atom stereocenters. The summed E-state index contributed by atoms with van der Waals surface area (Å²) >= 11 is 6.85. The first kappa shape index (κ1) is 16.4. The lowest BCUT2D eigenvalue weighted by Crippen LogP contribution is -2.24. The molecule has 108 valence electrons. The van der Waals surface area contributed by atoms with Gasteiger partial charge in [-0.1, -0.05) is 29.9 Å². The predicted octanol–water partition coefficient (Wildman–Crippen LogP) is 2.39. The van der Waals surface area contributed by atoms with Gasteiger partial charge >= 0.3 is 0 Å². The molecule has 1 aromatic heterocycles. The standard InChI is InChI=1S/C6H8ClN3OS.C6H12O/c1-8-3-5(11)10-6-9-2-4(7)12-6;1-6-2-4-7-5-3-6/h2,8H,3H2,1H3,(H,9,10,11);6H,2-5H2,1H3. The summed E-state index contributed by atoms with van der Waals surface area (Å²) in [6.45, 7) is 4.53. The van der Waals surface area contributed by atoms with Gasteiger partial charge in [-0.25, -0.2) is 4.98 Å². The number of aromatic nitrogens is 1. The number of halogens is 1. The molecule has 0 spiro atoms. The number of likely N-dealkylation sites (N-methyl/N-ethyl adjacent to an activating group) is 1. The Balaban J connectivity index is 0.000000218. The van der Waals surface area contributed by atoms with Gasteiger partial charge in [-0.15, -0.1) is 0 Å². The third kappa shape index (κ3) is 7.47. The first-order valence-electron chi connectivity index (χ1n) is 6.25. The van der Waals surface area contributed by atoms with E-state index in [1.807, 2.05) is 0 Å². The van der Waals surface area contributed by atoms with E-state index in [-0.39, 0.29) is 12.5 Å². The predicted molar refractivity (Wildman–Crippen MR) is 78.9 cm³/mol. The molecule has 0 saturated carbocycles. The Morgan fingerprint density at radius 2 is 2.26 bits per heavy atom. The fraction of sp³-hybridized carbons (Fsp3) is 0.667. The molecule has 1 aliphatic rings. The van der Waals surface area contributed by atoms with E-state index in [4.69, 9.17) is 16.3 Å². The van der Waals surface area contributed by atoms with E-state index in [0.717, 1.165) is 19.1 Å². The SMILES string of the molecule is CC1CCOCC1.CNCC(=O)Nc1ncc(Cl)s1. The van der Waals surface area contributed by atoms with Gasteiger partial charge in [-0.2, -0.15) is 0 Å². The lowest BCUT2D eigenvalue weighted by Gasteiger charge is -2.16. The van der Waals surface area contributed by atoms with Crippen LogP contribution in [-0.2, 0) is 9.53 Å². The molecular formula is C12H20ClN3O2S. The van der Waals surface area contributed by atoms with Crippen molar-refractivity contribution in [2.24, 2.45) is 5.92 Å². The lowest BCUT2D eigenvalue weighted by atomic mass is 10.0. The molecular weight excluding hydrogens is 286 g/mol. The normalized spacial score (nSPS) is 15.5. The molecule has 0 radical (unpaired) electrons. The second-order valence-electron chi connectivity index (χ2n) is 4.34. The van der Waals surface area contributed by atoms with Gasteiger partial charge in [0, 0.05) is 13.2 Å². The highest BCUT2D eigenvalue weighted by Crippen LogP contribution is 2.22. The minimum absolute atomic E-state index is 0.122. The van der Waals surface area contributed by atoms with E-state index < -0.39 is 0 Å². The quantitative estimate of drug-likeness (QED) is 0.900. The Morgan fingerprint density at radius 3 is 2.68 bits per heavy atom. The molecule has 1 aliphatic heterocycles. The first-order chi connectivity index (χ1) is 9.11. The Hall–Kier alpha value is -0.690. The molecule has 1 saturated heterocycles. The number of ether oxygens (including phenoxy) is 1. The molecule has 0 unspecified atom stereocenters. The van der Waals surface area contributed by atoms with Crippen LogP contribution < -0.4 is 10.6 Å². The van der Waals surface area contributed by atoms with E-state index in [9.17, 15) is 4.79 Å². The van der Waals surface area contributed by atoms with Crippen LogP contribution in [0.2, 0.25) is 4.34 Å². The van der Waals surface area contributed by atoms with Crippen molar-refractivity contribution in [2.45, 2.75) is 19.8 Å². The molecule has 0 aromatic carbocycles. The summed E-state index contributed by atoms with van der Waals surface area (Å²) in [4.78, 5) is 14.8. The van der Waals surface area contributed by atoms with Gasteiger partial charge in [0.05, 0.1) is 12.7 Å². The van der Waals surface area contributed by atoms with Gasteiger partial charge in [0.25, 0.3) is 0 Å². The van der Waals surface area contributed by atoms with Crippen LogP contribution in [0.15, 0.2) is 6.20 Å². The number of carbonyl (C=O) groups excluding carboxylic acids is 1. The molecule has 0 bridgehead atoms. The summed E-state index contributed by atoms with van der Waals surface area (Å²) in [6, 6.07) is 0. The van der Waals surface area contributed by atoms with Crippen LogP contribution in [0.5, 0.6) is 0 Å². The second-order valence-corrected chi connectivity index (χ2v) is 6.00. The van der Waals surface area contributed by atoms with Crippen molar-refractivity contribution in [2.75, 3.05) is 32.1 Å². The minimum Gasteiger partial charge on any atom is -0.381 e. The van der Waals surface area contributed by atoms with Crippen molar-refractivity contribution in [3.05, 3.63) is 10.5 Å². The van der Waals surface area contributed by atoms with Crippen molar-refractivity contribution >= 4 is 34.0 Å². The first-order valence-corrected chi connectivity index (χ1v) is 7.44. The zero-order valence-electron chi connectivity index (χ0n) is 11.2. The minimum atomic E-state index is -0.122. The van der Waals surface area contributed by atoms with Crippen LogP contribution in [0.1, 0.15) is 19.8 Å². The van der Waals surface area contributed by atoms with Crippen LogP contribution in [0.3, 0.4) is 0 Å². The highest BCUT2D eigenvalue weighted by Gasteiger charge is 2.06. The molecule has 2 heterocycles. The Labute approximate surface area is 122 Å². The number of nitrogens with zero attached hydrogens (tertiary/aromatic N) is 1. The third-order valence-electron chi connectivity index (χ3n) is 2.57. The maximum Gasteiger partial charge on any atom is 0.240 e. The van der Waals surface area contributed by atoms with Gasteiger partial charge in [-0.05, 0) is 25.8 Å². The molecule has 1 amide bonds. The van der Waals surface area contributed by atoms with Crippen LogP contribution in [0.25, 0.3) is 0 Å². The van der Waals surface area contributed by atoms with Crippen molar-refractivity contribution in [1.29, 1.82) is 0 Å². The van der Waals surface area contributed by atoms with E-state index in [1.165, 1.54) is 30.4 Å². The van der Waals surface area contributed by atoms with Crippen molar-refractivity contribution in [3.63, 3.8) is 0 Å². The molecule has 5 nitrogen and oxygen atoms in total. The van der Waals surface area contributed by atoms with E-state index in [1.54, 1.807) is 7.05 Å². The van der Waals surface area contributed by atoms with Crippen LogP contribution >= 0.6 is 22.9 Å². The molecule has 19 heavy (non-hydrogen) atoms. The lowest BCUT2D eigenvalue weighted by molar-refractivity contribution is -0.115. The van der Waals surface area contributed by atoms with Gasteiger partial charge in [0.1, 0.15) is 4.34 Å². The van der Waals surface area contributed by atoms with Crippen LogP contribution in [-0.4, -0.2) is 37.7 Å². The molecule has 2 rings (SSSR count). The topological polar surface area (TPSA) is 63.2 Å². The van der Waals surface area contributed by atoms with Crippen molar-refractivity contribution in [1.82, 2.24) is 10.3 Å². The average molecular weight is 306 g/mol.